The van der Waals surface area contributed by atoms with Crippen molar-refractivity contribution in [3.8, 4) is 5.75 Å². The third-order valence-corrected chi connectivity index (χ3v) is 6.43. The molecule has 0 aliphatic rings. The zero-order valence-electron chi connectivity index (χ0n) is 19.1. The summed E-state index contributed by atoms with van der Waals surface area (Å²) in [5, 5.41) is 2.88. The van der Waals surface area contributed by atoms with Crippen LogP contribution in [0.25, 0.3) is 0 Å². The molecule has 0 bridgehead atoms. The number of anilines is 1. The topological polar surface area (TPSA) is 75.7 Å². The second-order valence-corrected chi connectivity index (χ2v) is 9.71. The average Bonchev–Trinajstić information content (AvgIpc) is 2.71. The molecule has 0 saturated carbocycles. The lowest BCUT2D eigenvalue weighted by molar-refractivity contribution is -0.121. The monoisotopic (exact) mass is 446 g/mol. The van der Waals surface area contributed by atoms with Crippen LogP contribution in [0, 0.1) is 13.8 Å². The van der Waals surface area contributed by atoms with Gasteiger partial charge >= 0.3 is 0 Å². The Morgan fingerprint density at radius 3 is 2.48 bits per heavy atom. The van der Waals surface area contributed by atoms with Gasteiger partial charge in [-0.1, -0.05) is 31.2 Å². The van der Waals surface area contributed by atoms with Gasteiger partial charge < -0.3 is 10.1 Å². The molecule has 1 amide bonds. The minimum atomic E-state index is -3.62. The highest BCUT2D eigenvalue weighted by molar-refractivity contribution is 7.92. The first-order valence-corrected chi connectivity index (χ1v) is 12.5. The second-order valence-electron chi connectivity index (χ2n) is 7.85. The molecule has 0 heterocycles. The maximum atomic E-state index is 12.7. The summed E-state index contributed by atoms with van der Waals surface area (Å²) in [6, 6.07) is 12.5. The van der Waals surface area contributed by atoms with Gasteiger partial charge in [0.15, 0.2) is 0 Å². The molecule has 1 atom stereocenters. The number of carbonyl (C=O) groups is 1. The predicted octanol–water partition coefficient (Wildman–Crippen LogP) is 4.00. The number of para-hydroxylation sites is 1. The third kappa shape index (κ3) is 6.99. The maximum absolute atomic E-state index is 12.7. The molecule has 0 aromatic heterocycles. The molecule has 0 aliphatic carbocycles. The van der Waals surface area contributed by atoms with Crippen molar-refractivity contribution in [2.24, 2.45) is 0 Å². The van der Waals surface area contributed by atoms with E-state index in [9.17, 15) is 13.2 Å². The lowest BCUT2D eigenvalue weighted by Crippen LogP contribution is -2.48. The van der Waals surface area contributed by atoms with Crippen LogP contribution in [-0.2, 0) is 21.2 Å². The number of aryl methyl sites for hydroxylation is 3. The van der Waals surface area contributed by atoms with Gasteiger partial charge in [-0.25, -0.2) is 8.42 Å². The fraction of sp³-hybridized carbons (Fsp3) is 0.458. The zero-order valence-corrected chi connectivity index (χ0v) is 20.0. The minimum Gasteiger partial charge on any atom is -0.493 e. The molecular formula is C24H34N2O4S. The van der Waals surface area contributed by atoms with E-state index in [1.165, 1.54) is 4.31 Å². The summed E-state index contributed by atoms with van der Waals surface area (Å²) in [6.07, 6.45) is 3.56. The number of benzene rings is 2. The van der Waals surface area contributed by atoms with Crippen LogP contribution in [0.1, 0.15) is 43.4 Å². The fourth-order valence-corrected chi connectivity index (χ4v) is 4.54. The summed E-state index contributed by atoms with van der Waals surface area (Å²) in [4.78, 5) is 12.7. The molecule has 6 nitrogen and oxygen atoms in total. The van der Waals surface area contributed by atoms with Crippen LogP contribution in [-0.4, -0.2) is 39.8 Å². The Morgan fingerprint density at radius 1 is 1.13 bits per heavy atom. The van der Waals surface area contributed by atoms with E-state index in [-0.39, 0.29) is 5.91 Å². The molecule has 0 saturated heterocycles. The van der Waals surface area contributed by atoms with E-state index < -0.39 is 16.1 Å². The van der Waals surface area contributed by atoms with E-state index >= 15 is 0 Å². The normalized spacial score (nSPS) is 12.3. The van der Waals surface area contributed by atoms with Gasteiger partial charge in [0.2, 0.25) is 15.9 Å². The Hall–Kier alpha value is -2.54. The van der Waals surface area contributed by atoms with E-state index in [1.807, 2.05) is 44.2 Å². The van der Waals surface area contributed by atoms with E-state index in [2.05, 4.69) is 12.2 Å². The summed E-state index contributed by atoms with van der Waals surface area (Å²) >= 11 is 0. The van der Waals surface area contributed by atoms with Gasteiger partial charge in [-0.15, -0.1) is 0 Å². The molecule has 2 rings (SSSR count). The first-order valence-electron chi connectivity index (χ1n) is 10.7. The van der Waals surface area contributed by atoms with Crippen LogP contribution in [0.15, 0.2) is 42.5 Å². The van der Waals surface area contributed by atoms with Crippen molar-refractivity contribution < 1.29 is 17.9 Å². The molecule has 0 radical (unpaired) electrons. The maximum Gasteiger partial charge on any atom is 0.243 e. The molecule has 170 valence electrons. The molecule has 0 unspecified atom stereocenters. The Labute approximate surface area is 186 Å². The van der Waals surface area contributed by atoms with Crippen molar-refractivity contribution in [3.63, 3.8) is 0 Å². The SMILES string of the molecule is CCCOc1ccccc1CCCNC(=O)[C@@H](C)N(c1ccc(C)c(C)c1)S(C)(=O)=O. The number of nitrogens with zero attached hydrogens (tertiary/aromatic N) is 1. The predicted molar refractivity (Wildman–Crippen MR) is 126 cm³/mol. The number of hydrogen-bond donors (Lipinski definition) is 1. The second kappa shape index (κ2) is 11.2. The minimum absolute atomic E-state index is 0.320. The van der Waals surface area contributed by atoms with Crippen molar-refractivity contribution in [1.29, 1.82) is 0 Å². The van der Waals surface area contributed by atoms with Gasteiger partial charge in [-0.3, -0.25) is 9.10 Å². The van der Waals surface area contributed by atoms with Crippen molar-refractivity contribution in [2.75, 3.05) is 23.7 Å². The first-order chi connectivity index (χ1) is 14.6. The summed E-state index contributed by atoms with van der Waals surface area (Å²) in [5.74, 6) is 0.557. The van der Waals surface area contributed by atoms with Crippen LogP contribution in [0.3, 0.4) is 0 Å². The van der Waals surface area contributed by atoms with E-state index in [1.54, 1.807) is 19.1 Å². The smallest absolute Gasteiger partial charge is 0.243 e. The van der Waals surface area contributed by atoms with Gasteiger partial charge in [0.1, 0.15) is 11.8 Å². The van der Waals surface area contributed by atoms with E-state index in [0.29, 0.717) is 18.8 Å². The molecular weight excluding hydrogens is 412 g/mol. The number of hydrogen-bond acceptors (Lipinski definition) is 4. The van der Waals surface area contributed by atoms with Crippen molar-refractivity contribution in [1.82, 2.24) is 5.32 Å². The van der Waals surface area contributed by atoms with Crippen molar-refractivity contribution in [2.45, 2.75) is 53.0 Å². The summed E-state index contributed by atoms with van der Waals surface area (Å²) in [5.41, 5.74) is 3.64. The Kier molecular flexibility index (Phi) is 8.92. The summed E-state index contributed by atoms with van der Waals surface area (Å²) < 4.78 is 31.9. The van der Waals surface area contributed by atoms with Crippen LogP contribution < -0.4 is 14.4 Å². The third-order valence-electron chi connectivity index (χ3n) is 5.19. The first kappa shape index (κ1) is 24.7. The van der Waals surface area contributed by atoms with Crippen LogP contribution in [0.2, 0.25) is 0 Å². The Balaban J connectivity index is 2.00. The Morgan fingerprint density at radius 2 is 1.84 bits per heavy atom. The van der Waals surface area contributed by atoms with Crippen LogP contribution >= 0.6 is 0 Å². The van der Waals surface area contributed by atoms with E-state index in [0.717, 1.165) is 48.0 Å². The summed E-state index contributed by atoms with van der Waals surface area (Å²) in [6.45, 7) is 8.69. The van der Waals surface area contributed by atoms with Crippen molar-refractivity contribution in [3.05, 3.63) is 59.2 Å². The number of amides is 1. The molecule has 2 aromatic rings. The molecule has 1 N–H and O–H groups in total. The molecule has 0 spiro atoms. The van der Waals surface area contributed by atoms with Crippen LogP contribution in [0.5, 0.6) is 5.75 Å². The molecule has 0 aliphatic heterocycles. The molecule has 2 aromatic carbocycles. The zero-order chi connectivity index (χ0) is 23.0. The lowest BCUT2D eigenvalue weighted by Gasteiger charge is -2.28. The number of sulfonamides is 1. The van der Waals surface area contributed by atoms with E-state index in [4.69, 9.17) is 4.74 Å². The van der Waals surface area contributed by atoms with Crippen molar-refractivity contribution >= 4 is 21.6 Å². The van der Waals surface area contributed by atoms with Gasteiger partial charge in [-0.2, -0.15) is 0 Å². The Bertz CT molecular complexity index is 989. The summed E-state index contributed by atoms with van der Waals surface area (Å²) in [7, 11) is -3.62. The quantitative estimate of drug-likeness (QED) is 0.530. The highest BCUT2D eigenvalue weighted by Crippen LogP contribution is 2.24. The van der Waals surface area contributed by atoms with Gasteiger partial charge in [-0.05, 0) is 74.9 Å². The molecule has 31 heavy (non-hydrogen) atoms. The van der Waals surface area contributed by atoms with Gasteiger partial charge in [0.05, 0.1) is 18.6 Å². The number of rotatable bonds is 11. The standard InChI is InChI=1S/C24H34N2O4S/c1-6-16-30-23-12-8-7-10-21(23)11-9-15-25-24(27)20(4)26(31(5,28)29)22-14-13-18(2)19(3)17-22/h7-8,10,12-14,17,20H,6,9,11,15-16H2,1-5H3,(H,25,27)/t20-/m1/s1. The van der Waals surface area contributed by atoms with Crippen LogP contribution in [0.4, 0.5) is 5.69 Å². The number of carbonyl (C=O) groups excluding carboxylic acids is 1. The lowest BCUT2D eigenvalue weighted by atomic mass is 10.1. The number of nitrogens with one attached hydrogen (secondary N) is 1. The highest BCUT2D eigenvalue weighted by Gasteiger charge is 2.29. The highest BCUT2D eigenvalue weighted by atomic mass is 32.2. The largest absolute Gasteiger partial charge is 0.493 e. The molecule has 7 heteroatoms. The molecule has 0 fully saturated rings. The number of ether oxygens (including phenoxy) is 1. The fourth-order valence-electron chi connectivity index (χ4n) is 3.37. The average molecular weight is 447 g/mol. The van der Waals surface area contributed by atoms with Gasteiger partial charge in [0.25, 0.3) is 0 Å². The van der Waals surface area contributed by atoms with Gasteiger partial charge in [0, 0.05) is 6.54 Å².